The lowest BCUT2D eigenvalue weighted by molar-refractivity contribution is -0.361. The second-order valence-electron chi connectivity index (χ2n) is 9.01. The van der Waals surface area contributed by atoms with Gasteiger partial charge in [-0.2, -0.15) is 0 Å². The minimum Gasteiger partial charge on any atom is -0.365 e. The van der Waals surface area contributed by atoms with Crippen molar-refractivity contribution in [3.8, 4) is 0 Å². The maximum atomic E-state index is 13.2. The summed E-state index contributed by atoms with van der Waals surface area (Å²) in [5, 5.41) is 0. The lowest BCUT2D eigenvalue weighted by atomic mass is 9.97. The Morgan fingerprint density at radius 3 is 2.08 bits per heavy atom. The molecular weight excluding hydrogens is 511 g/mol. The zero-order valence-electron chi connectivity index (χ0n) is 20.9. The summed E-state index contributed by atoms with van der Waals surface area (Å²) in [4.78, 5) is 10.8. The fraction of sp³-hybridized carbons (Fsp3) is 0.357. The molecular formula is C28H31O9P. The molecule has 0 amide bonds. The number of rotatable bonds is 10. The standard InChI is InChI=1S/C28H31O9P/c1-31-28-26(32-17-20-11-5-2-6-12-20)25(37-38(29,30)34-18-21-13-7-3-8-14-21)24-23(35-28)19-33-27(36-24)22-15-9-4-10-16-22/h2-16,23-28H,17-19H2,1H3,(H,29,30)/t23-,24-,25+,26+,27-,28+/m1/s1. The molecule has 38 heavy (non-hydrogen) atoms. The normalized spacial score (nSPS) is 28.8. The quantitative estimate of drug-likeness (QED) is 0.363. The summed E-state index contributed by atoms with van der Waals surface area (Å²) in [6, 6.07) is 28.1. The first kappa shape index (κ1) is 27.1. The molecule has 0 radical (unpaired) electrons. The van der Waals surface area contributed by atoms with Crippen LogP contribution in [-0.4, -0.2) is 49.3 Å². The summed E-state index contributed by atoms with van der Waals surface area (Å²) in [6.45, 7) is 0.257. The van der Waals surface area contributed by atoms with Gasteiger partial charge in [-0.05, 0) is 11.1 Å². The van der Waals surface area contributed by atoms with Crippen LogP contribution in [0.15, 0.2) is 91.0 Å². The van der Waals surface area contributed by atoms with Gasteiger partial charge in [-0.25, -0.2) is 4.57 Å². The molecule has 3 aromatic carbocycles. The first-order chi connectivity index (χ1) is 18.5. The highest BCUT2D eigenvalue weighted by Gasteiger charge is 2.53. The van der Waals surface area contributed by atoms with E-state index in [0.29, 0.717) is 0 Å². The molecule has 2 saturated heterocycles. The molecule has 9 nitrogen and oxygen atoms in total. The van der Waals surface area contributed by atoms with Crippen LogP contribution >= 0.6 is 7.82 Å². The maximum absolute atomic E-state index is 13.2. The van der Waals surface area contributed by atoms with E-state index in [9.17, 15) is 9.46 Å². The number of fused-ring (bicyclic) bond motifs is 1. The Labute approximate surface area is 221 Å². The molecule has 7 atom stereocenters. The van der Waals surface area contributed by atoms with Crippen molar-refractivity contribution in [1.29, 1.82) is 0 Å². The van der Waals surface area contributed by atoms with Crippen LogP contribution in [0.5, 0.6) is 0 Å². The van der Waals surface area contributed by atoms with Crippen LogP contribution in [-0.2, 0) is 50.5 Å². The number of ether oxygens (including phenoxy) is 5. The zero-order chi connectivity index (χ0) is 26.4. The summed E-state index contributed by atoms with van der Waals surface area (Å²) >= 11 is 0. The summed E-state index contributed by atoms with van der Waals surface area (Å²) in [7, 11) is -3.09. The molecule has 2 fully saturated rings. The van der Waals surface area contributed by atoms with Gasteiger partial charge in [0.25, 0.3) is 0 Å². The van der Waals surface area contributed by atoms with E-state index in [0.717, 1.165) is 16.7 Å². The van der Waals surface area contributed by atoms with Gasteiger partial charge in [-0.15, -0.1) is 0 Å². The first-order valence-electron chi connectivity index (χ1n) is 12.4. The Morgan fingerprint density at radius 2 is 1.45 bits per heavy atom. The van der Waals surface area contributed by atoms with E-state index in [1.165, 1.54) is 7.11 Å². The zero-order valence-corrected chi connectivity index (χ0v) is 21.8. The van der Waals surface area contributed by atoms with Gasteiger partial charge in [0.2, 0.25) is 0 Å². The van der Waals surface area contributed by atoms with Crippen LogP contribution in [0, 0.1) is 0 Å². The Kier molecular flexibility index (Phi) is 9.01. The van der Waals surface area contributed by atoms with Gasteiger partial charge in [0.1, 0.15) is 24.4 Å². The molecule has 2 heterocycles. The summed E-state index contributed by atoms with van der Waals surface area (Å²) < 4.78 is 54.4. The third kappa shape index (κ3) is 6.76. The monoisotopic (exact) mass is 542 g/mol. The molecule has 1 N–H and O–H groups in total. The molecule has 3 aromatic rings. The van der Waals surface area contributed by atoms with Crippen molar-refractivity contribution in [2.75, 3.05) is 13.7 Å². The van der Waals surface area contributed by atoms with Crippen molar-refractivity contribution in [3.05, 3.63) is 108 Å². The van der Waals surface area contributed by atoms with Crippen LogP contribution in [0.2, 0.25) is 0 Å². The Hall–Kier alpha value is -2.43. The summed E-state index contributed by atoms with van der Waals surface area (Å²) in [6.07, 6.45) is -5.03. The van der Waals surface area contributed by atoms with Crippen LogP contribution in [0.25, 0.3) is 0 Å². The Balaban J connectivity index is 1.39. The second-order valence-corrected chi connectivity index (χ2v) is 10.4. The molecule has 10 heteroatoms. The lowest BCUT2D eigenvalue weighted by Crippen LogP contribution is -2.63. The largest absolute Gasteiger partial charge is 0.472 e. The summed E-state index contributed by atoms with van der Waals surface area (Å²) in [5.41, 5.74) is 2.44. The molecule has 2 aliphatic rings. The molecule has 2 aliphatic heterocycles. The fourth-order valence-corrected chi connectivity index (χ4v) is 5.41. The van der Waals surface area contributed by atoms with Crippen LogP contribution < -0.4 is 0 Å². The van der Waals surface area contributed by atoms with Gasteiger partial charge in [0.05, 0.1) is 19.8 Å². The van der Waals surface area contributed by atoms with Crippen molar-refractivity contribution in [2.24, 2.45) is 0 Å². The van der Waals surface area contributed by atoms with E-state index in [4.69, 9.17) is 32.7 Å². The first-order valence-corrected chi connectivity index (χ1v) is 13.9. The smallest absolute Gasteiger partial charge is 0.365 e. The highest BCUT2D eigenvalue weighted by molar-refractivity contribution is 7.47. The van der Waals surface area contributed by atoms with Crippen LogP contribution in [0.1, 0.15) is 23.0 Å². The molecule has 1 unspecified atom stereocenters. The van der Waals surface area contributed by atoms with Gasteiger partial charge >= 0.3 is 7.82 Å². The van der Waals surface area contributed by atoms with Crippen molar-refractivity contribution in [2.45, 2.75) is 50.2 Å². The van der Waals surface area contributed by atoms with Crippen LogP contribution in [0.3, 0.4) is 0 Å². The minimum atomic E-state index is -4.56. The van der Waals surface area contributed by atoms with Crippen molar-refractivity contribution in [1.82, 2.24) is 0 Å². The highest BCUT2D eigenvalue weighted by atomic mass is 31.2. The third-order valence-corrected chi connectivity index (χ3v) is 7.33. The molecule has 5 rings (SSSR count). The van der Waals surface area contributed by atoms with E-state index >= 15 is 0 Å². The number of benzene rings is 3. The molecule has 0 aliphatic carbocycles. The van der Waals surface area contributed by atoms with Gasteiger partial charge in [-0.3, -0.25) is 9.05 Å². The van der Waals surface area contributed by atoms with E-state index in [2.05, 4.69) is 0 Å². The predicted molar refractivity (Wildman–Crippen MR) is 137 cm³/mol. The van der Waals surface area contributed by atoms with Crippen molar-refractivity contribution < 1.29 is 42.2 Å². The predicted octanol–water partition coefficient (Wildman–Crippen LogP) is 4.76. The maximum Gasteiger partial charge on any atom is 0.472 e. The van der Waals surface area contributed by atoms with Crippen molar-refractivity contribution >= 4 is 7.82 Å². The number of phosphoric ester groups is 1. The van der Waals surface area contributed by atoms with E-state index < -0.39 is 44.8 Å². The second kappa shape index (κ2) is 12.6. The van der Waals surface area contributed by atoms with Gasteiger partial charge in [0.15, 0.2) is 12.6 Å². The van der Waals surface area contributed by atoms with Crippen LogP contribution in [0.4, 0.5) is 0 Å². The van der Waals surface area contributed by atoms with E-state index in [1.807, 2.05) is 78.9 Å². The minimum absolute atomic E-state index is 0.105. The highest BCUT2D eigenvalue weighted by Crippen LogP contribution is 2.49. The van der Waals surface area contributed by atoms with Gasteiger partial charge in [-0.1, -0.05) is 91.0 Å². The Bertz CT molecular complexity index is 1170. The lowest BCUT2D eigenvalue weighted by Gasteiger charge is -2.48. The van der Waals surface area contributed by atoms with Crippen molar-refractivity contribution in [3.63, 3.8) is 0 Å². The summed E-state index contributed by atoms with van der Waals surface area (Å²) in [5.74, 6) is 0. The number of hydrogen-bond acceptors (Lipinski definition) is 8. The third-order valence-electron chi connectivity index (χ3n) is 6.37. The average Bonchev–Trinajstić information content (AvgIpc) is 2.96. The SMILES string of the molecule is CO[C@H]1O[C@@H]2CO[C@@H](c3ccccc3)O[C@H]2[C@H](OP(=O)(O)OCc2ccccc2)[C@@H]1OCc1ccccc1. The van der Waals surface area contributed by atoms with Gasteiger partial charge in [0, 0.05) is 12.7 Å². The molecule has 0 bridgehead atoms. The molecule has 0 saturated carbocycles. The number of phosphoric acid groups is 1. The number of hydrogen-bond donors (Lipinski definition) is 1. The van der Waals surface area contributed by atoms with E-state index in [1.54, 1.807) is 12.1 Å². The fourth-order valence-electron chi connectivity index (χ4n) is 4.49. The molecule has 0 spiro atoms. The molecule has 0 aromatic heterocycles. The number of methoxy groups -OCH3 is 1. The Morgan fingerprint density at radius 1 is 0.842 bits per heavy atom. The average molecular weight is 543 g/mol. The van der Waals surface area contributed by atoms with E-state index in [-0.39, 0.29) is 19.8 Å². The topological polar surface area (TPSA) is 102 Å². The molecule has 202 valence electrons. The van der Waals surface area contributed by atoms with Gasteiger partial charge < -0.3 is 28.6 Å².